The minimum Gasteiger partial charge on any atom is -0.497 e. The van der Waals surface area contributed by atoms with E-state index in [1.165, 1.54) is 54.1 Å². The zero-order chi connectivity index (χ0) is 28.6. The fourth-order valence-electron chi connectivity index (χ4n) is 5.91. The summed E-state index contributed by atoms with van der Waals surface area (Å²) in [5, 5.41) is 0.336. The molecule has 3 heterocycles. The van der Waals surface area contributed by atoms with Gasteiger partial charge in [-0.25, -0.2) is 13.2 Å². The summed E-state index contributed by atoms with van der Waals surface area (Å²) in [4.78, 5) is 34.2. The molecule has 2 aliphatic rings. The van der Waals surface area contributed by atoms with Gasteiger partial charge in [0, 0.05) is 50.3 Å². The van der Waals surface area contributed by atoms with Crippen molar-refractivity contribution in [3.8, 4) is 5.75 Å². The predicted octanol–water partition coefficient (Wildman–Crippen LogP) is 2.89. The molecule has 216 valence electrons. The first kappa shape index (κ1) is 28.7. The van der Waals surface area contributed by atoms with E-state index in [9.17, 15) is 18.0 Å². The van der Waals surface area contributed by atoms with Crippen LogP contribution >= 0.6 is 11.6 Å². The molecular weight excluding hydrogens is 554 g/mol. The molecule has 0 saturated carbocycles. The van der Waals surface area contributed by atoms with Gasteiger partial charge in [-0.3, -0.25) is 14.3 Å². The molecule has 2 unspecified atom stereocenters. The summed E-state index contributed by atoms with van der Waals surface area (Å²) >= 11 is 6.27. The number of halogens is 1. The molecule has 10 nitrogen and oxygen atoms in total. The quantitative estimate of drug-likeness (QED) is 0.399. The smallest absolute Gasteiger partial charge is 0.344 e. The number of fused-ring (bicyclic) bond motifs is 1. The van der Waals surface area contributed by atoms with Gasteiger partial charge in [-0.05, 0) is 68.8 Å². The molecule has 0 aliphatic carbocycles. The lowest BCUT2D eigenvalue weighted by Crippen LogP contribution is -2.51. The van der Waals surface area contributed by atoms with Crippen LogP contribution < -0.4 is 10.4 Å². The normalized spacial score (nSPS) is 19.8. The topological polar surface area (TPSA) is 97.1 Å². The number of nitrogens with zero attached hydrogens (tertiary/aromatic N) is 5. The zero-order valence-electron chi connectivity index (χ0n) is 23.1. The average molecular weight is 590 g/mol. The molecule has 2 saturated heterocycles. The van der Waals surface area contributed by atoms with Gasteiger partial charge in [0.1, 0.15) is 11.8 Å². The summed E-state index contributed by atoms with van der Waals surface area (Å²) < 4.78 is 34.5. The van der Waals surface area contributed by atoms with Gasteiger partial charge in [-0.2, -0.15) is 3.97 Å². The molecular formula is C28H36ClN5O5S. The second-order valence-corrected chi connectivity index (χ2v) is 12.7. The Morgan fingerprint density at radius 3 is 2.40 bits per heavy atom. The molecule has 2 aliphatic heterocycles. The maximum Gasteiger partial charge on any atom is 0.344 e. The molecule has 0 spiro atoms. The molecule has 40 heavy (non-hydrogen) atoms. The third kappa shape index (κ3) is 5.27. The Hall–Kier alpha value is -2.86. The Balaban J connectivity index is 1.43. The average Bonchev–Trinajstić information content (AvgIpc) is 3.55. The van der Waals surface area contributed by atoms with Gasteiger partial charge in [0.2, 0.25) is 5.91 Å². The molecule has 1 aromatic heterocycles. The molecule has 12 heteroatoms. The van der Waals surface area contributed by atoms with Gasteiger partial charge in [0.05, 0.1) is 23.0 Å². The Labute approximate surface area is 239 Å². The molecule has 0 N–H and O–H groups in total. The number of ether oxygens (including phenoxy) is 1. The van der Waals surface area contributed by atoms with Gasteiger partial charge in [-0.15, -0.1) is 0 Å². The van der Waals surface area contributed by atoms with Gasteiger partial charge in [0.25, 0.3) is 10.0 Å². The van der Waals surface area contributed by atoms with Crippen molar-refractivity contribution in [2.24, 2.45) is 0 Å². The summed E-state index contributed by atoms with van der Waals surface area (Å²) in [5.41, 5.74) is -0.357. The molecule has 3 aromatic rings. The van der Waals surface area contributed by atoms with Crippen molar-refractivity contribution in [1.82, 2.24) is 23.2 Å². The van der Waals surface area contributed by atoms with Crippen molar-refractivity contribution in [2.45, 2.75) is 43.7 Å². The van der Waals surface area contributed by atoms with Crippen LogP contribution in [0, 0.1) is 0 Å². The van der Waals surface area contributed by atoms with E-state index >= 15 is 0 Å². The maximum atomic E-state index is 13.8. The number of rotatable bonds is 8. The number of carbonyl (C=O) groups excluding carboxylic acids is 1. The van der Waals surface area contributed by atoms with Crippen LogP contribution in [0.3, 0.4) is 0 Å². The first-order valence-corrected chi connectivity index (χ1v) is 15.5. The van der Waals surface area contributed by atoms with Crippen LogP contribution in [0.2, 0.25) is 5.02 Å². The number of benzene rings is 2. The van der Waals surface area contributed by atoms with E-state index in [-0.39, 0.29) is 22.4 Å². The van der Waals surface area contributed by atoms with E-state index < -0.39 is 21.8 Å². The lowest BCUT2D eigenvalue weighted by atomic mass is 10.2. The van der Waals surface area contributed by atoms with E-state index in [1.54, 1.807) is 11.8 Å². The number of carbonyl (C=O) groups is 1. The van der Waals surface area contributed by atoms with E-state index in [0.29, 0.717) is 29.4 Å². The Kier molecular flexibility index (Phi) is 8.28. The largest absolute Gasteiger partial charge is 0.497 e. The fraction of sp³-hybridized carbons (Fsp3) is 0.500. The summed E-state index contributed by atoms with van der Waals surface area (Å²) in [5.74, 6) is 0.279. The summed E-state index contributed by atoms with van der Waals surface area (Å²) in [7, 11) is -2.79. The Morgan fingerprint density at radius 1 is 1.05 bits per heavy atom. The van der Waals surface area contributed by atoms with Crippen molar-refractivity contribution >= 4 is 38.6 Å². The number of aromatic nitrogens is 2. The second-order valence-electron chi connectivity index (χ2n) is 10.5. The minimum absolute atomic E-state index is 0.0650. The van der Waals surface area contributed by atoms with Gasteiger partial charge in [-0.1, -0.05) is 18.5 Å². The van der Waals surface area contributed by atoms with Crippen LogP contribution in [0.15, 0.2) is 52.2 Å². The first-order chi connectivity index (χ1) is 19.1. The van der Waals surface area contributed by atoms with Crippen LogP contribution in [-0.4, -0.2) is 96.5 Å². The summed E-state index contributed by atoms with van der Waals surface area (Å²) in [6.07, 6.45) is 2.02. The number of hydrogen-bond donors (Lipinski definition) is 0. The zero-order valence-corrected chi connectivity index (χ0v) is 24.7. The standard InChI is InChI=1S/C28H36ClN5O5S/c1-4-12-30-14-16-31(17-15-30)22-11-13-32(19-22)27(35)20(2)33-26-18-21(29)5-10-25(26)34(28(33)36)40(37,38)24-8-6-23(39-3)7-9-24/h5-10,18,20,22H,4,11-17,19H2,1-3H3. The molecule has 5 rings (SSSR count). The van der Waals surface area contributed by atoms with Crippen LogP contribution in [0.5, 0.6) is 5.75 Å². The first-order valence-electron chi connectivity index (χ1n) is 13.7. The number of likely N-dealkylation sites (tertiary alicyclic amines) is 1. The van der Waals surface area contributed by atoms with E-state index in [1.807, 2.05) is 0 Å². The van der Waals surface area contributed by atoms with Crippen LogP contribution in [-0.2, 0) is 14.8 Å². The van der Waals surface area contributed by atoms with E-state index in [0.717, 1.165) is 49.5 Å². The maximum absolute atomic E-state index is 13.8. The molecule has 1 amide bonds. The number of hydrogen-bond acceptors (Lipinski definition) is 7. The second kappa shape index (κ2) is 11.6. The SMILES string of the molecule is CCCN1CCN(C2CCN(C(=O)C(C)n3c(=O)n(S(=O)(=O)c4ccc(OC)cc4)c4ccc(Cl)cc43)C2)CC1. The van der Waals surface area contributed by atoms with Crippen LogP contribution in [0.4, 0.5) is 0 Å². The number of amides is 1. The number of methoxy groups -OCH3 is 1. The van der Waals surface area contributed by atoms with Crippen molar-refractivity contribution in [1.29, 1.82) is 0 Å². The highest BCUT2D eigenvalue weighted by Gasteiger charge is 2.36. The molecule has 2 aromatic carbocycles. The Bertz CT molecular complexity index is 1540. The van der Waals surface area contributed by atoms with Crippen LogP contribution in [0.1, 0.15) is 32.7 Å². The monoisotopic (exact) mass is 589 g/mol. The lowest BCUT2D eigenvalue weighted by Gasteiger charge is -2.38. The van der Waals surface area contributed by atoms with Crippen molar-refractivity contribution < 1.29 is 17.9 Å². The fourth-order valence-corrected chi connectivity index (χ4v) is 7.47. The summed E-state index contributed by atoms with van der Waals surface area (Å²) in [6, 6.07) is 9.75. The highest BCUT2D eigenvalue weighted by atomic mass is 35.5. The van der Waals surface area contributed by atoms with Gasteiger partial charge in [0.15, 0.2) is 0 Å². The van der Waals surface area contributed by atoms with E-state index in [2.05, 4.69) is 16.7 Å². The number of imidazole rings is 1. The van der Waals surface area contributed by atoms with Gasteiger partial charge < -0.3 is 14.5 Å². The molecule has 0 bridgehead atoms. The van der Waals surface area contributed by atoms with Crippen molar-refractivity contribution in [3.05, 3.63) is 58.0 Å². The van der Waals surface area contributed by atoms with Gasteiger partial charge >= 0.3 is 5.69 Å². The van der Waals surface area contributed by atoms with Crippen LogP contribution in [0.25, 0.3) is 11.0 Å². The van der Waals surface area contributed by atoms with Crippen molar-refractivity contribution in [3.63, 3.8) is 0 Å². The number of piperazine rings is 1. The van der Waals surface area contributed by atoms with Crippen molar-refractivity contribution in [2.75, 3.05) is 52.9 Å². The molecule has 2 fully saturated rings. The van der Waals surface area contributed by atoms with E-state index in [4.69, 9.17) is 16.3 Å². The highest BCUT2D eigenvalue weighted by molar-refractivity contribution is 7.90. The minimum atomic E-state index is -4.27. The molecule has 2 atom stereocenters. The predicted molar refractivity (Wildman–Crippen MR) is 155 cm³/mol. The summed E-state index contributed by atoms with van der Waals surface area (Å²) in [6.45, 7) is 10.2. The lowest BCUT2D eigenvalue weighted by molar-refractivity contribution is -0.133. The Morgan fingerprint density at radius 2 is 1.75 bits per heavy atom. The third-order valence-corrected chi connectivity index (χ3v) is 10.0. The molecule has 0 radical (unpaired) electrons. The highest BCUT2D eigenvalue weighted by Crippen LogP contribution is 2.27. The third-order valence-electron chi connectivity index (χ3n) is 8.08.